The lowest BCUT2D eigenvalue weighted by Crippen LogP contribution is -2.10. The first-order chi connectivity index (χ1) is 3.93. The standard InChI is InChI=1S/C5H6N2O/c8-3-5-1-6-4-7-2-5/h1,3-4H,2H2,(H,6,7). The van der Waals surface area contributed by atoms with E-state index in [1.54, 1.807) is 12.5 Å². The number of nitrogens with one attached hydrogen (secondary N) is 1. The van der Waals surface area contributed by atoms with Gasteiger partial charge in [0.15, 0.2) is 0 Å². The summed E-state index contributed by atoms with van der Waals surface area (Å²) in [5, 5.41) is 2.70. The number of hydrogen-bond acceptors (Lipinski definition) is 3. The molecule has 0 unspecified atom stereocenters. The van der Waals surface area contributed by atoms with Gasteiger partial charge in [0.2, 0.25) is 0 Å². The molecule has 1 heterocycles. The van der Waals surface area contributed by atoms with Gasteiger partial charge >= 0.3 is 0 Å². The highest BCUT2D eigenvalue weighted by Gasteiger charge is 1.93. The van der Waals surface area contributed by atoms with Crippen LogP contribution in [-0.4, -0.2) is 19.2 Å². The Morgan fingerprint density at radius 3 is 3.12 bits per heavy atom. The lowest BCUT2D eigenvalue weighted by Gasteiger charge is -1.99. The Labute approximate surface area is 47.1 Å². The molecule has 0 atom stereocenters. The van der Waals surface area contributed by atoms with Gasteiger partial charge in [-0.15, -0.1) is 0 Å². The Balaban J connectivity index is 2.55. The first kappa shape index (κ1) is 5.03. The fourth-order valence-corrected chi connectivity index (χ4v) is 0.465. The molecule has 0 amide bonds. The molecule has 0 spiro atoms. The zero-order valence-corrected chi connectivity index (χ0v) is 4.29. The molecule has 0 bridgehead atoms. The summed E-state index contributed by atoms with van der Waals surface area (Å²) in [5.74, 6) is 0. The normalized spacial score (nSPS) is 16.8. The average Bonchev–Trinajstić information content (AvgIpc) is 1.90. The Kier molecular flexibility index (Phi) is 1.42. The van der Waals surface area contributed by atoms with Crippen molar-refractivity contribution in [2.75, 3.05) is 6.54 Å². The SMILES string of the molecule is O=CC1=CNC=NC1. The summed E-state index contributed by atoms with van der Waals surface area (Å²) in [5.41, 5.74) is 0.688. The van der Waals surface area contributed by atoms with Crippen molar-refractivity contribution in [2.45, 2.75) is 0 Å². The molecule has 1 aliphatic rings. The van der Waals surface area contributed by atoms with Gasteiger partial charge in [-0.1, -0.05) is 0 Å². The maximum atomic E-state index is 9.98. The summed E-state index contributed by atoms with van der Waals surface area (Å²) in [6.45, 7) is 0.510. The third-order valence-corrected chi connectivity index (χ3v) is 0.860. The molecule has 8 heavy (non-hydrogen) atoms. The molecule has 1 rings (SSSR count). The minimum atomic E-state index is 0.510. The van der Waals surface area contributed by atoms with Gasteiger partial charge in [-0.3, -0.25) is 9.79 Å². The van der Waals surface area contributed by atoms with Gasteiger partial charge in [0.05, 0.1) is 12.9 Å². The molecule has 3 heteroatoms. The Morgan fingerprint density at radius 1 is 1.88 bits per heavy atom. The van der Waals surface area contributed by atoms with Crippen molar-refractivity contribution < 1.29 is 4.79 Å². The number of nitrogens with zero attached hydrogens (tertiary/aromatic N) is 1. The second-order valence-corrected chi connectivity index (χ2v) is 1.47. The number of rotatable bonds is 1. The van der Waals surface area contributed by atoms with E-state index in [1.165, 1.54) is 0 Å². The zero-order chi connectivity index (χ0) is 5.82. The van der Waals surface area contributed by atoms with Crippen LogP contribution in [0.3, 0.4) is 0 Å². The molecular weight excluding hydrogens is 104 g/mol. The molecule has 0 aliphatic carbocycles. The molecule has 42 valence electrons. The van der Waals surface area contributed by atoms with E-state index in [-0.39, 0.29) is 0 Å². The fraction of sp³-hybridized carbons (Fsp3) is 0.200. The molecule has 0 aromatic heterocycles. The van der Waals surface area contributed by atoms with Gasteiger partial charge in [-0.05, 0) is 0 Å². The Hall–Kier alpha value is -1.12. The molecule has 3 nitrogen and oxygen atoms in total. The highest BCUT2D eigenvalue weighted by atomic mass is 16.1. The third kappa shape index (κ3) is 0.932. The van der Waals surface area contributed by atoms with Crippen LogP contribution in [0.2, 0.25) is 0 Å². The van der Waals surface area contributed by atoms with Gasteiger partial charge in [-0.2, -0.15) is 0 Å². The van der Waals surface area contributed by atoms with Gasteiger partial charge < -0.3 is 5.32 Å². The molecule has 0 radical (unpaired) electrons. The minimum absolute atomic E-state index is 0.510. The number of carbonyl (C=O) groups excluding carboxylic acids is 1. The van der Waals surface area contributed by atoms with Crippen LogP contribution >= 0.6 is 0 Å². The fourth-order valence-electron chi connectivity index (χ4n) is 0.465. The van der Waals surface area contributed by atoms with E-state index in [4.69, 9.17) is 0 Å². The van der Waals surface area contributed by atoms with E-state index in [2.05, 4.69) is 10.3 Å². The van der Waals surface area contributed by atoms with Gasteiger partial charge in [0, 0.05) is 11.8 Å². The van der Waals surface area contributed by atoms with E-state index in [0.717, 1.165) is 6.29 Å². The molecule has 1 N–H and O–H groups in total. The molecule has 0 aromatic rings. The van der Waals surface area contributed by atoms with Crippen LogP contribution < -0.4 is 5.32 Å². The van der Waals surface area contributed by atoms with E-state index in [0.29, 0.717) is 12.1 Å². The number of carbonyl (C=O) groups is 1. The van der Waals surface area contributed by atoms with Crippen LogP contribution in [0.15, 0.2) is 16.8 Å². The van der Waals surface area contributed by atoms with Crippen molar-refractivity contribution in [3.63, 3.8) is 0 Å². The van der Waals surface area contributed by atoms with E-state index < -0.39 is 0 Å². The molecule has 1 aliphatic heterocycles. The van der Waals surface area contributed by atoms with E-state index >= 15 is 0 Å². The molecular formula is C5H6N2O. The second-order valence-electron chi connectivity index (χ2n) is 1.47. The monoisotopic (exact) mass is 110 g/mol. The Morgan fingerprint density at radius 2 is 2.75 bits per heavy atom. The summed E-state index contributed by atoms with van der Waals surface area (Å²) in [7, 11) is 0. The lowest BCUT2D eigenvalue weighted by atomic mass is 10.3. The maximum absolute atomic E-state index is 9.98. The highest BCUT2D eigenvalue weighted by molar-refractivity contribution is 5.76. The van der Waals surface area contributed by atoms with Crippen LogP contribution in [0.4, 0.5) is 0 Å². The number of hydrogen-bond donors (Lipinski definition) is 1. The summed E-state index contributed by atoms with van der Waals surface area (Å²) in [4.78, 5) is 13.8. The van der Waals surface area contributed by atoms with Crippen molar-refractivity contribution in [2.24, 2.45) is 4.99 Å². The van der Waals surface area contributed by atoms with E-state index in [9.17, 15) is 4.79 Å². The third-order valence-electron chi connectivity index (χ3n) is 0.860. The zero-order valence-electron chi connectivity index (χ0n) is 4.29. The van der Waals surface area contributed by atoms with Crippen LogP contribution in [-0.2, 0) is 4.79 Å². The minimum Gasteiger partial charge on any atom is -0.353 e. The molecule has 0 fully saturated rings. The molecule has 0 saturated heterocycles. The highest BCUT2D eigenvalue weighted by Crippen LogP contribution is 1.89. The number of aldehydes is 1. The van der Waals surface area contributed by atoms with Crippen molar-refractivity contribution in [1.82, 2.24) is 5.32 Å². The van der Waals surface area contributed by atoms with Gasteiger partial charge in [-0.25, -0.2) is 0 Å². The Bertz CT molecular complexity index is 149. The topological polar surface area (TPSA) is 41.5 Å². The quantitative estimate of drug-likeness (QED) is 0.471. The largest absolute Gasteiger partial charge is 0.353 e. The van der Waals surface area contributed by atoms with Crippen LogP contribution in [0.5, 0.6) is 0 Å². The maximum Gasteiger partial charge on any atom is 0.149 e. The average molecular weight is 110 g/mol. The van der Waals surface area contributed by atoms with E-state index in [1.807, 2.05) is 0 Å². The predicted octanol–water partition coefficient (Wildman–Crippen LogP) is -0.299. The first-order valence-corrected chi connectivity index (χ1v) is 2.32. The van der Waals surface area contributed by atoms with Crippen molar-refractivity contribution >= 4 is 12.6 Å². The smallest absolute Gasteiger partial charge is 0.149 e. The summed E-state index contributed by atoms with van der Waals surface area (Å²) in [6, 6.07) is 0. The van der Waals surface area contributed by atoms with Crippen molar-refractivity contribution in [1.29, 1.82) is 0 Å². The second kappa shape index (κ2) is 2.26. The van der Waals surface area contributed by atoms with Crippen LogP contribution in [0.1, 0.15) is 0 Å². The van der Waals surface area contributed by atoms with Gasteiger partial charge in [0.1, 0.15) is 6.29 Å². The predicted molar refractivity (Wildman–Crippen MR) is 30.6 cm³/mol. The molecule has 0 saturated carbocycles. The molecule has 0 aromatic carbocycles. The van der Waals surface area contributed by atoms with Crippen molar-refractivity contribution in [3.05, 3.63) is 11.8 Å². The lowest BCUT2D eigenvalue weighted by molar-refractivity contribution is -0.104. The number of aliphatic imine (C=N–C) groups is 1. The van der Waals surface area contributed by atoms with Crippen molar-refractivity contribution in [3.8, 4) is 0 Å². The summed E-state index contributed by atoms with van der Waals surface area (Å²) < 4.78 is 0. The van der Waals surface area contributed by atoms with Gasteiger partial charge in [0.25, 0.3) is 0 Å². The summed E-state index contributed by atoms with van der Waals surface area (Å²) in [6.07, 6.45) is 4.00. The first-order valence-electron chi connectivity index (χ1n) is 2.32. The summed E-state index contributed by atoms with van der Waals surface area (Å²) >= 11 is 0. The van der Waals surface area contributed by atoms with Crippen LogP contribution in [0, 0.1) is 0 Å². The van der Waals surface area contributed by atoms with Crippen LogP contribution in [0.25, 0.3) is 0 Å².